The minimum atomic E-state index is 0.121. The van der Waals surface area contributed by atoms with E-state index in [9.17, 15) is 4.79 Å². The summed E-state index contributed by atoms with van der Waals surface area (Å²) in [5, 5.41) is 0. The molecule has 0 aliphatic carbocycles. The van der Waals surface area contributed by atoms with E-state index in [0.29, 0.717) is 12.5 Å². The van der Waals surface area contributed by atoms with Gasteiger partial charge in [0.2, 0.25) is 5.91 Å². The van der Waals surface area contributed by atoms with Crippen molar-refractivity contribution in [3.63, 3.8) is 0 Å². The largest absolute Gasteiger partial charge is 0.379 e. The highest BCUT2D eigenvalue weighted by molar-refractivity contribution is 5.79. The number of hydrogen-bond donors (Lipinski definition) is 0. The molecular weight excluding hydrogens is 228 g/mol. The molecule has 0 aromatic heterocycles. The van der Waals surface area contributed by atoms with Crippen molar-refractivity contribution < 1.29 is 9.53 Å². The molecule has 0 bridgehead atoms. The van der Waals surface area contributed by atoms with Gasteiger partial charge in [-0.15, -0.1) is 12.3 Å². The molecule has 0 aromatic carbocycles. The number of amides is 1. The van der Waals surface area contributed by atoms with Gasteiger partial charge in [0.05, 0.1) is 13.2 Å². The summed E-state index contributed by atoms with van der Waals surface area (Å²) >= 11 is 0. The van der Waals surface area contributed by atoms with E-state index in [1.807, 2.05) is 4.90 Å². The van der Waals surface area contributed by atoms with Crippen LogP contribution >= 0.6 is 0 Å². The molecule has 2 aliphatic heterocycles. The van der Waals surface area contributed by atoms with Crippen molar-refractivity contribution in [1.29, 1.82) is 0 Å². The molecule has 100 valence electrons. The lowest BCUT2D eigenvalue weighted by Gasteiger charge is -2.33. The number of ether oxygens (including phenoxy) is 1. The van der Waals surface area contributed by atoms with Gasteiger partial charge in [-0.05, 0) is 13.3 Å². The second-order valence-electron chi connectivity index (χ2n) is 5.19. The summed E-state index contributed by atoms with van der Waals surface area (Å²) in [6.07, 6.45) is 6.93. The molecule has 2 unspecified atom stereocenters. The number of hydrogen-bond acceptors (Lipinski definition) is 3. The molecule has 0 spiro atoms. The Balaban J connectivity index is 1.74. The summed E-state index contributed by atoms with van der Waals surface area (Å²) in [6.45, 7) is 7.45. The average molecular weight is 250 g/mol. The Labute approximate surface area is 109 Å². The molecule has 2 fully saturated rings. The van der Waals surface area contributed by atoms with E-state index in [1.165, 1.54) is 0 Å². The molecule has 0 saturated carbocycles. The summed E-state index contributed by atoms with van der Waals surface area (Å²) in [7, 11) is 0. The molecule has 18 heavy (non-hydrogen) atoms. The van der Waals surface area contributed by atoms with Crippen LogP contribution < -0.4 is 0 Å². The van der Waals surface area contributed by atoms with Gasteiger partial charge in [0, 0.05) is 44.6 Å². The maximum Gasteiger partial charge on any atom is 0.223 e. The fourth-order valence-corrected chi connectivity index (χ4v) is 2.64. The number of morpholine rings is 1. The first-order valence-electron chi connectivity index (χ1n) is 6.76. The number of nitrogens with zero attached hydrogens (tertiary/aromatic N) is 2. The number of carbonyl (C=O) groups excluding carboxylic acids is 1. The van der Waals surface area contributed by atoms with Crippen LogP contribution in [0.5, 0.6) is 0 Å². The van der Waals surface area contributed by atoms with Crippen molar-refractivity contribution in [2.75, 3.05) is 39.4 Å². The SMILES string of the molecule is C#CC1CC(=O)N(CCC(C)N2CCOCC2)C1. The van der Waals surface area contributed by atoms with Crippen LogP contribution in [0.1, 0.15) is 19.8 Å². The van der Waals surface area contributed by atoms with Gasteiger partial charge in [0.1, 0.15) is 0 Å². The predicted octanol–water partition coefficient (Wildman–Crippen LogP) is 0.579. The topological polar surface area (TPSA) is 32.8 Å². The monoisotopic (exact) mass is 250 g/mol. The third-order valence-corrected chi connectivity index (χ3v) is 3.94. The highest BCUT2D eigenvalue weighted by Gasteiger charge is 2.28. The first-order chi connectivity index (χ1) is 8.70. The van der Waals surface area contributed by atoms with E-state index < -0.39 is 0 Å². The molecule has 4 heteroatoms. The standard InChI is InChI=1S/C14H22N2O2/c1-3-13-10-14(17)16(11-13)5-4-12(2)15-6-8-18-9-7-15/h1,12-13H,4-11H2,2H3. The van der Waals surface area contributed by atoms with E-state index >= 15 is 0 Å². The number of likely N-dealkylation sites (tertiary alicyclic amines) is 1. The molecule has 0 radical (unpaired) electrons. The molecule has 4 nitrogen and oxygen atoms in total. The summed E-state index contributed by atoms with van der Waals surface area (Å²) in [5.74, 6) is 3.02. The van der Waals surface area contributed by atoms with Crippen LogP contribution in [0.25, 0.3) is 0 Å². The number of carbonyl (C=O) groups is 1. The maximum atomic E-state index is 11.7. The van der Waals surface area contributed by atoms with E-state index in [2.05, 4.69) is 17.7 Å². The maximum absolute atomic E-state index is 11.7. The zero-order valence-corrected chi connectivity index (χ0v) is 11.1. The molecule has 2 saturated heterocycles. The second-order valence-corrected chi connectivity index (χ2v) is 5.19. The van der Waals surface area contributed by atoms with E-state index in [4.69, 9.17) is 11.2 Å². The third-order valence-electron chi connectivity index (χ3n) is 3.94. The molecule has 0 aromatic rings. The molecule has 2 atom stereocenters. The smallest absolute Gasteiger partial charge is 0.223 e. The molecule has 2 aliphatic rings. The summed E-state index contributed by atoms with van der Waals surface area (Å²) in [6, 6.07) is 0.506. The van der Waals surface area contributed by atoms with Gasteiger partial charge in [-0.2, -0.15) is 0 Å². The van der Waals surface area contributed by atoms with Crippen LogP contribution in [0.15, 0.2) is 0 Å². The van der Waals surface area contributed by atoms with E-state index in [-0.39, 0.29) is 11.8 Å². The Bertz CT molecular complexity index is 331. The van der Waals surface area contributed by atoms with Gasteiger partial charge >= 0.3 is 0 Å². The molecular formula is C14H22N2O2. The van der Waals surface area contributed by atoms with Crippen molar-refractivity contribution in [2.45, 2.75) is 25.8 Å². The normalized spacial score (nSPS) is 27.2. The Morgan fingerprint density at radius 2 is 2.22 bits per heavy atom. The third kappa shape index (κ3) is 3.24. The van der Waals surface area contributed by atoms with Gasteiger partial charge < -0.3 is 9.64 Å². The van der Waals surface area contributed by atoms with Gasteiger partial charge in [-0.25, -0.2) is 0 Å². The van der Waals surface area contributed by atoms with Crippen molar-refractivity contribution in [3.8, 4) is 12.3 Å². The molecule has 1 amide bonds. The van der Waals surface area contributed by atoms with Crippen molar-refractivity contribution >= 4 is 5.91 Å². The fourth-order valence-electron chi connectivity index (χ4n) is 2.64. The van der Waals surface area contributed by atoms with E-state index in [1.54, 1.807) is 0 Å². The highest BCUT2D eigenvalue weighted by atomic mass is 16.5. The minimum absolute atomic E-state index is 0.121. The van der Waals surface area contributed by atoms with Crippen molar-refractivity contribution in [2.24, 2.45) is 5.92 Å². The molecule has 2 rings (SSSR count). The fraction of sp³-hybridized carbons (Fsp3) is 0.786. The Hall–Kier alpha value is -1.05. The zero-order chi connectivity index (χ0) is 13.0. The lowest BCUT2D eigenvalue weighted by atomic mass is 10.1. The van der Waals surface area contributed by atoms with Crippen LogP contribution in [0.3, 0.4) is 0 Å². The zero-order valence-electron chi connectivity index (χ0n) is 11.1. The Kier molecular flexibility index (Phi) is 4.62. The average Bonchev–Trinajstić information content (AvgIpc) is 2.77. The van der Waals surface area contributed by atoms with Crippen molar-refractivity contribution in [3.05, 3.63) is 0 Å². The number of rotatable bonds is 4. The van der Waals surface area contributed by atoms with E-state index in [0.717, 1.165) is 45.8 Å². The van der Waals surface area contributed by atoms with Gasteiger partial charge in [0.25, 0.3) is 0 Å². The second kappa shape index (κ2) is 6.21. The first-order valence-corrected chi connectivity index (χ1v) is 6.76. The highest BCUT2D eigenvalue weighted by Crippen LogP contribution is 2.18. The van der Waals surface area contributed by atoms with Gasteiger partial charge in [-0.1, -0.05) is 0 Å². The molecule has 0 N–H and O–H groups in total. The first kappa shape index (κ1) is 13.4. The van der Waals surface area contributed by atoms with Crippen molar-refractivity contribution in [1.82, 2.24) is 9.80 Å². The van der Waals surface area contributed by atoms with Crippen LogP contribution in [-0.4, -0.2) is 61.1 Å². The summed E-state index contributed by atoms with van der Waals surface area (Å²) in [4.78, 5) is 16.1. The van der Waals surface area contributed by atoms with Gasteiger partial charge in [0.15, 0.2) is 0 Å². The van der Waals surface area contributed by atoms with Gasteiger partial charge in [-0.3, -0.25) is 9.69 Å². The van der Waals surface area contributed by atoms with Crippen LogP contribution in [-0.2, 0) is 9.53 Å². The van der Waals surface area contributed by atoms with Crippen LogP contribution in [0, 0.1) is 18.3 Å². The quantitative estimate of drug-likeness (QED) is 0.684. The Morgan fingerprint density at radius 1 is 1.50 bits per heavy atom. The predicted molar refractivity (Wildman–Crippen MR) is 70.0 cm³/mol. The lowest BCUT2D eigenvalue weighted by molar-refractivity contribution is -0.127. The summed E-state index contributed by atoms with van der Waals surface area (Å²) < 4.78 is 5.35. The summed E-state index contributed by atoms with van der Waals surface area (Å²) in [5.41, 5.74) is 0. The Morgan fingerprint density at radius 3 is 2.83 bits per heavy atom. The van der Waals surface area contributed by atoms with Crippen LogP contribution in [0.2, 0.25) is 0 Å². The molecule has 2 heterocycles. The number of terminal acetylenes is 1. The minimum Gasteiger partial charge on any atom is -0.379 e. The van der Waals surface area contributed by atoms with Crippen LogP contribution in [0.4, 0.5) is 0 Å². The lowest BCUT2D eigenvalue weighted by Crippen LogP contribution is -2.43.